The zero-order valence-electron chi connectivity index (χ0n) is 11.9. The molecule has 0 unspecified atom stereocenters. The van der Waals surface area contributed by atoms with Gasteiger partial charge in [0.2, 0.25) is 0 Å². The zero-order chi connectivity index (χ0) is 14.7. The van der Waals surface area contributed by atoms with Crippen LogP contribution in [0, 0.1) is 6.92 Å². The molecular weight excluding hydrogens is 266 g/mol. The average Bonchev–Trinajstić information content (AvgIpc) is 2.53. The Morgan fingerprint density at radius 2 is 1.95 bits per heavy atom. The summed E-state index contributed by atoms with van der Waals surface area (Å²) in [4.78, 5) is 14.1. The zero-order valence-corrected chi connectivity index (χ0v) is 11.9. The van der Waals surface area contributed by atoms with E-state index in [1.165, 1.54) is 0 Å². The Hall–Kier alpha value is -2.49. The average molecular weight is 283 g/mol. The number of hydrogen-bond donors (Lipinski definition) is 0. The number of carbonyl (C=O) groups is 1. The summed E-state index contributed by atoms with van der Waals surface area (Å²) in [7, 11) is 0. The number of carbonyl (C=O) groups excluding carboxylic acids is 1. The highest BCUT2D eigenvalue weighted by Gasteiger charge is 2.23. The molecule has 1 amide bonds. The van der Waals surface area contributed by atoms with Gasteiger partial charge in [0.05, 0.1) is 12.2 Å². The minimum atomic E-state index is -0.0636. The van der Waals surface area contributed by atoms with E-state index >= 15 is 0 Å². The lowest BCUT2D eigenvalue weighted by atomic mass is 10.2. The summed E-state index contributed by atoms with van der Waals surface area (Å²) in [6.45, 7) is 3.09. The molecule has 108 valence electrons. The molecule has 1 heterocycles. The first-order chi connectivity index (χ1) is 10.2. The van der Waals surface area contributed by atoms with Crippen LogP contribution >= 0.6 is 0 Å². The van der Waals surface area contributed by atoms with E-state index in [0.717, 1.165) is 17.0 Å². The molecule has 4 heteroatoms. The highest BCUT2D eigenvalue weighted by atomic mass is 16.5. The van der Waals surface area contributed by atoms with Crippen molar-refractivity contribution >= 4 is 11.6 Å². The van der Waals surface area contributed by atoms with Crippen molar-refractivity contribution in [3.8, 4) is 11.5 Å². The van der Waals surface area contributed by atoms with Crippen LogP contribution in [0.2, 0.25) is 0 Å². The summed E-state index contributed by atoms with van der Waals surface area (Å²) >= 11 is 0. The molecule has 4 nitrogen and oxygen atoms in total. The van der Waals surface area contributed by atoms with Gasteiger partial charge in [-0.25, -0.2) is 0 Å². The van der Waals surface area contributed by atoms with Crippen molar-refractivity contribution in [2.24, 2.45) is 0 Å². The molecule has 3 rings (SSSR count). The molecule has 1 aliphatic heterocycles. The topological polar surface area (TPSA) is 38.8 Å². The molecule has 2 aromatic carbocycles. The van der Waals surface area contributed by atoms with Crippen molar-refractivity contribution < 1.29 is 14.3 Å². The largest absolute Gasteiger partial charge is 0.490 e. The van der Waals surface area contributed by atoms with Crippen molar-refractivity contribution in [3.05, 3.63) is 54.1 Å². The lowest BCUT2D eigenvalue weighted by Gasteiger charge is -2.29. The Kier molecular flexibility index (Phi) is 3.77. The van der Waals surface area contributed by atoms with Gasteiger partial charge in [-0.15, -0.1) is 0 Å². The van der Waals surface area contributed by atoms with Crippen LogP contribution in [0.3, 0.4) is 0 Å². The summed E-state index contributed by atoms with van der Waals surface area (Å²) in [5, 5.41) is 0. The van der Waals surface area contributed by atoms with Gasteiger partial charge in [-0.05, 0) is 31.2 Å². The fourth-order valence-corrected chi connectivity index (χ4v) is 2.29. The van der Waals surface area contributed by atoms with E-state index in [-0.39, 0.29) is 12.5 Å². The van der Waals surface area contributed by atoms with Crippen LogP contribution in [-0.2, 0) is 4.79 Å². The van der Waals surface area contributed by atoms with Gasteiger partial charge >= 0.3 is 0 Å². The summed E-state index contributed by atoms with van der Waals surface area (Å²) in [5.41, 5.74) is 1.97. The highest BCUT2D eigenvalue weighted by molar-refractivity contribution is 5.96. The summed E-state index contributed by atoms with van der Waals surface area (Å²) in [6.07, 6.45) is 0. The molecule has 1 aliphatic rings. The van der Waals surface area contributed by atoms with Gasteiger partial charge in [-0.2, -0.15) is 0 Å². The molecule has 0 saturated carbocycles. The number of hydrogen-bond acceptors (Lipinski definition) is 3. The standard InChI is InChI=1S/C17H17NO3/c1-13-6-8-14(9-7-13)21-12-17(19)18-10-11-20-16-5-3-2-4-15(16)18/h2-9H,10-12H2,1H3. The number of fused-ring (bicyclic) bond motifs is 1. The van der Waals surface area contributed by atoms with E-state index in [9.17, 15) is 4.79 Å². The Morgan fingerprint density at radius 1 is 1.19 bits per heavy atom. The first kappa shape index (κ1) is 13.5. The van der Waals surface area contributed by atoms with E-state index < -0.39 is 0 Å². The molecule has 0 atom stereocenters. The predicted molar refractivity (Wildman–Crippen MR) is 81.0 cm³/mol. The van der Waals surface area contributed by atoms with E-state index in [4.69, 9.17) is 9.47 Å². The number of amides is 1. The van der Waals surface area contributed by atoms with Gasteiger partial charge < -0.3 is 14.4 Å². The molecule has 0 radical (unpaired) electrons. The Balaban J connectivity index is 1.68. The molecule has 21 heavy (non-hydrogen) atoms. The molecule has 0 bridgehead atoms. The highest BCUT2D eigenvalue weighted by Crippen LogP contribution is 2.30. The number of aryl methyl sites for hydroxylation is 1. The second kappa shape index (κ2) is 5.87. The molecule has 0 aliphatic carbocycles. The number of benzene rings is 2. The number of ether oxygens (including phenoxy) is 2. The quantitative estimate of drug-likeness (QED) is 0.869. The van der Waals surface area contributed by atoms with E-state index in [2.05, 4.69) is 0 Å². The molecule has 0 N–H and O–H groups in total. The van der Waals surface area contributed by atoms with Crippen molar-refractivity contribution in [1.82, 2.24) is 0 Å². The fourth-order valence-electron chi connectivity index (χ4n) is 2.29. The fraction of sp³-hybridized carbons (Fsp3) is 0.235. The second-order valence-corrected chi connectivity index (χ2v) is 4.96. The normalized spacial score (nSPS) is 13.3. The monoisotopic (exact) mass is 283 g/mol. The van der Waals surface area contributed by atoms with Crippen LogP contribution in [0.1, 0.15) is 5.56 Å². The lowest BCUT2D eigenvalue weighted by molar-refractivity contribution is -0.120. The van der Waals surface area contributed by atoms with Crippen LogP contribution in [0.5, 0.6) is 11.5 Å². The van der Waals surface area contributed by atoms with Crippen LogP contribution in [0.4, 0.5) is 5.69 Å². The maximum Gasteiger partial charge on any atom is 0.265 e. The van der Waals surface area contributed by atoms with Crippen LogP contribution < -0.4 is 14.4 Å². The van der Waals surface area contributed by atoms with E-state index in [1.807, 2.05) is 55.5 Å². The smallest absolute Gasteiger partial charge is 0.265 e. The Morgan fingerprint density at radius 3 is 2.76 bits per heavy atom. The third-order valence-corrected chi connectivity index (χ3v) is 3.41. The van der Waals surface area contributed by atoms with Gasteiger partial charge in [-0.1, -0.05) is 29.8 Å². The minimum absolute atomic E-state index is 0.0252. The predicted octanol–water partition coefficient (Wildman–Crippen LogP) is 2.80. The van der Waals surface area contributed by atoms with Gasteiger partial charge in [0.1, 0.15) is 18.1 Å². The molecular formula is C17H17NO3. The van der Waals surface area contributed by atoms with Gasteiger partial charge in [-0.3, -0.25) is 4.79 Å². The summed E-state index contributed by atoms with van der Waals surface area (Å²) in [5.74, 6) is 1.38. The summed E-state index contributed by atoms with van der Waals surface area (Å²) in [6, 6.07) is 15.2. The van der Waals surface area contributed by atoms with Crippen LogP contribution in [0.25, 0.3) is 0 Å². The first-order valence-electron chi connectivity index (χ1n) is 6.96. The maximum atomic E-state index is 12.3. The van der Waals surface area contributed by atoms with Crippen molar-refractivity contribution in [2.45, 2.75) is 6.92 Å². The first-order valence-corrected chi connectivity index (χ1v) is 6.96. The van der Waals surface area contributed by atoms with Crippen molar-refractivity contribution in [1.29, 1.82) is 0 Å². The number of para-hydroxylation sites is 2. The summed E-state index contributed by atoms with van der Waals surface area (Å²) < 4.78 is 11.1. The van der Waals surface area contributed by atoms with Crippen molar-refractivity contribution in [3.63, 3.8) is 0 Å². The SMILES string of the molecule is Cc1ccc(OCC(=O)N2CCOc3ccccc32)cc1. The maximum absolute atomic E-state index is 12.3. The van der Waals surface area contributed by atoms with Crippen LogP contribution in [-0.4, -0.2) is 25.7 Å². The molecule has 2 aromatic rings. The Labute approximate surface area is 123 Å². The van der Waals surface area contributed by atoms with E-state index in [0.29, 0.717) is 18.9 Å². The number of nitrogens with zero attached hydrogens (tertiary/aromatic N) is 1. The number of anilines is 1. The molecule has 0 aromatic heterocycles. The second-order valence-electron chi connectivity index (χ2n) is 4.96. The molecule has 0 fully saturated rings. The third-order valence-electron chi connectivity index (χ3n) is 3.41. The lowest BCUT2D eigenvalue weighted by Crippen LogP contribution is -2.40. The van der Waals surface area contributed by atoms with Gasteiger partial charge in [0, 0.05) is 0 Å². The number of rotatable bonds is 3. The van der Waals surface area contributed by atoms with Crippen LogP contribution in [0.15, 0.2) is 48.5 Å². The van der Waals surface area contributed by atoms with Gasteiger partial charge in [0.15, 0.2) is 6.61 Å². The van der Waals surface area contributed by atoms with Gasteiger partial charge in [0.25, 0.3) is 5.91 Å². The third kappa shape index (κ3) is 2.99. The molecule has 0 spiro atoms. The van der Waals surface area contributed by atoms with E-state index in [1.54, 1.807) is 4.90 Å². The minimum Gasteiger partial charge on any atom is -0.490 e. The molecule has 0 saturated heterocycles. The Bertz CT molecular complexity index is 637. The van der Waals surface area contributed by atoms with Crippen molar-refractivity contribution in [2.75, 3.05) is 24.7 Å².